The lowest BCUT2D eigenvalue weighted by Gasteiger charge is -2.11. The Morgan fingerprint density at radius 2 is 1.74 bits per heavy atom. The molecule has 1 heterocycles. The summed E-state index contributed by atoms with van der Waals surface area (Å²) in [6.07, 6.45) is 0. The van der Waals surface area contributed by atoms with E-state index in [1.165, 1.54) is 0 Å². The molecule has 3 aromatic carbocycles. The van der Waals surface area contributed by atoms with Crippen molar-refractivity contribution in [3.8, 4) is 17.2 Å². The number of anilines is 1. The van der Waals surface area contributed by atoms with Gasteiger partial charge in [0.1, 0.15) is 22.5 Å². The molecular formula is C24H24N4O3. The average molecular weight is 416 g/mol. The van der Waals surface area contributed by atoms with Crippen LogP contribution in [0.25, 0.3) is 16.7 Å². The molecule has 31 heavy (non-hydrogen) atoms. The highest BCUT2D eigenvalue weighted by molar-refractivity contribution is 5.93. The Hall–Kier alpha value is -3.87. The van der Waals surface area contributed by atoms with E-state index in [1.54, 1.807) is 16.9 Å². The van der Waals surface area contributed by atoms with Crippen molar-refractivity contribution in [2.45, 2.75) is 20.8 Å². The Labute approximate surface area is 180 Å². The van der Waals surface area contributed by atoms with E-state index in [0.717, 1.165) is 28.1 Å². The largest absolute Gasteiger partial charge is 0.494 e. The van der Waals surface area contributed by atoms with Gasteiger partial charge in [-0.2, -0.15) is 4.80 Å². The second-order valence-corrected chi connectivity index (χ2v) is 7.15. The summed E-state index contributed by atoms with van der Waals surface area (Å²) in [6.45, 7) is 6.48. The highest BCUT2D eigenvalue weighted by Crippen LogP contribution is 2.21. The van der Waals surface area contributed by atoms with Crippen molar-refractivity contribution in [1.82, 2.24) is 15.0 Å². The molecule has 0 radical (unpaired) electrons. The van der Waals surface area contributed by atoms with E-state index in [9.17, 15) is 4.79 Å². The molecule has 0 unspecified atom stereocenters. The van der Waals surface area contributed by atoms with Crippen LogP contribution in [0.1, 0.15) is 18.1 Å². The van der Waals surface area contributed by atoms with Crippen LogP contribution in [0, 0.1) is 13.8 Å². The fourth-order valence-corrected chi connectivity index (χ4v) is 3.17. The van der Waals surface area contributed by atoms with Crippen LogP contribution in [-0.2, 0) is 4.79 Å². The van der Waals surface area contributed by atoms with Crippen molar-refractivity contribution in [2.75, 3.05) is 18.5 Å². The fraction of sp³-hybridized carbons (Fsp3) is 0.208. The van der Waals surface area contributed by atoms with Gasteiger partial charge >= 0.3 is 0 Å². The Morgan fingerprint density at radius 1 is 0.968 bits per heavy atom. The first-order valence-electron chi connectivity index (χ1n) is 10.1. The molecule has 0 aliphatic carbocycles. The third kappa shape index (κ3) is 4.66. The highest BCUT2D eigenvalue weighted by atomic mass is 16.5. The number of aryl methyl sites for hydroxylation is 1. The van der Waals surface area contributed by atoms with Crippen LogP contribution in [0.3, 0.4) is 0 Å². The molecule has 0 aliphatic rings. The predicted molar refractivity (Wildman–Crippen MR) is 120 cm³/mol. The van der Waals surface area contributed by atoms with E-state index in [1.807, 2.05) is 69.3 Å². The van der Waals surface area contributed by atoms with Gasteiger partial charge in [0.25, 0.3) is 5.91 Å². The smallest absolute Gasteiger partial charge is 0.262 e. The Morgan fingerprint density at radius 3 is 2.52 bits per heavy atom. The third-order valence-electron chi connectivity index (χ3n) is 4.96. The number of hydrogen-bond donors (Lipinski definition) is 1. The molecule has 1 N–H and O–H groups in total. The van der Waals surface area contributed by atoms with E-state index >= 15 is 0 Å². The molecular weight excluding hydrogens is 392 g/mol. The van der Waals surface area contributed by atoms with Crippen molar-refractivity contribution in [3.63, 3.8) is 0 Å². The van der Waals surface area contributed by atoms with Crippen molar-refractivity contribution in [2.24, 2.45) is 0 Å². The van der Waals surface area contributed by atoms with Crippen LogP contribution in [0.5, 0.6) is 11.5 Å². The van der Waals surface area contributed by atoms with E-state index in [0.29, 0.717) is 23.6 Å². The summed E-state index contributed by atoms with van der Waals surface area (Å²) >= 11 is 0. The number of amides is 1. The van der Waals surface area contributed by atoms with Crippen LogP contribution in [0.2, 0.25) is 0 Å². The third-order valence-corrected chi connectivity index (χ3v) is 4.96. The Kier molecular flexibility index (Phi) is 5.84. The van der Waals surface area contributed by atoms with Crippen LogP contribution < -0.4 is 14.8 Å². The number of nitrogens with zero attached hydrogens (tertiary/aromatic N) is 3. The maximum absolute atomic E-state index is 12.3. The highest BCUT2D eigenvalue weighted by Gasteiger charge is 2.10. The summed E-state index contributed by atoms with van der Waals surface area (Å²) in [5, 5.41) is 11.9. The second kappa shape index (κ2) is 8.87. The van der Waals surface area contributed by atoms with Crippen molar-refractivity contribution in [1.29, 1.82) is 0 Å². The standard InChI is InChI=1S/C24H24N4O3/c1-4-30-20-11-9-19(10-12-20)28-26-21-13-8-18(14-22(21)27-28)25-24(29)15-31-23-7-5-6-16(2)17(23)3/h5-14H,4,15H2,1-3H3,(H,25,29). The van der Waals surface area contributed by atoms with Gasteiger partial charge in [0, 0.05) is 5.69 Å². The Balaban J connectivity index is 1.44. The molecule has 0 saturated carbocycles. The van der Waals surface area contributed by atoms with Crippen LogP contribution in [0.15, 0.2) is 60.7 Å². The number of ether oxygens (including phenoxy) is 2. The zero-order valence-corrected chi connectivity index (χ0v) is 17.8. The first-order chi connectivity index (χ1) is 15.0. The predicted octanol–water partition coefficient (Wildman–Crippen LogP) is 4.45. The molecule has 7 heteroatoms. The molecule has 1 amide bonds. The van der Waals surface area contributed by atoms with Crippen molar-refractivity contribution >= 4 is 22.6 Å². The van der Waals surface area contributed by atoms with Gasteiger partial charge in [0.2, 0.25) is 0 Å². The molecule has 1 aromatic heterocycles. The summed E-state index contributed by atoms with van der Waals surface area (Å²) in [7, 11) is 0. The molecule has 158 valence electrons. The van der Waals surface area contributed by atoms with Gasteiger partial charge in [-0.15, -0.1) is 10.2 Å². The maximum Gasteiger partial charge on any atom is 0.262 e. The SMILES string of the molecule is CCOc1ccc(-n2nc3ccc(NC(=O)COc4cccc(C)c4C)cc3n2)cc1. The number of aromatic nitrogens is 3. The van der Waals surface area contributed by atoms with Crippen LogP contribution >= 0.6 is 0 Å². The fourth-order valence-electron chi connectivity index (χ4n) is 3.17. The molecule has 0 atom stereocenters. The Bertz CT molecular complexity index is 1220. The summed E-state index contributed by atoms with van der Waals surface area (Å²) < 4.78 is 11.1. The minimum Gasteiger partial charge on any atom is -0.494 e. The summed E-state index contributed by atoms with van der Waals surface area (Å²) in [4.78, 5) is 13.9. The average Bonchev–Trinajstić information content (AvgIpc) is 3.19. The van der Waals surface area contributed by atoms with Crippen molar-refractivity contribution in [3.05, 3.63) is 71.8 Å². The zero-order chi connectivity index (χ0) is 21.8. The number of carbonyl (C=O) groups is 1. The van der Waals surface area contributed by atoms with Gasteiger partial charge in [0.05, 0.1) is 12.3 Å². The van der Waals surface area contributed by atoms with Crippen molar-refractivity contribution < 1.29 is 14.3 Å². The molecule has 0 fully saturated rings. The second-order valence-electron chi connectivity index (χ2n) is 7.15. The summed E-state index contributed by atoms with van der Waals surface area (Å²) in [5.41, 5.74) is 5.04. The van der Waals surface area contributed by atoms with E-state index < -0.39 is 0 Å². The first-order valence-corrected chi connectivity index (χ1v) is 10.1. The van der Waals surface area contributed by atoms with E-state index in [-0.39, 0.29) is 12.5 Å². The number of nitrogens with one attached hydrogen (secondary N) is 1. The first kappa shape index (κ1) is 20.4. The lowest BCUT2D eigenvalue weighted by molar-refractivity contribution is -0.118. The quantitative estimate of drug-likeness (QED) is 0.481. The number of fused-ring (bicyclic) bond motifs is 1. The normalized spacial score (nSPS) is 10.8. The molecule has 7 nitrogen and oxygen atoms in total. The molecule has 0 saturated heterocycles. The molecule has 0 spiro atoms. The van der Waals surface area contributed by atoms with E-state index in [2.05, 4.69) is 15.5 Å². The summed E-state index contributed by atoms with van der Waals surface area (Å²) in [5.74, 6) is 1.28. The molecule has 4 aromatic rings. The number of rotatable bonds is 7. The van der Waals surface area contributed by atoms with Gasteiger partial charge in [-0.3, -0.25) is 4.79 Å². The van der Waals surface area contributed by atoms with E-state index in [4.69, 9.17) is 9.47 Å². The lowest BCUT2D eigenvalue weighted by Crippen LogP contribution is -2.20. The number of hydrogen-bond acceptors (Lipinski definition) is 5. The van der Waals surface area contributed by atoms with Gasteiger partial charge in [0.15, 0.2) is 6.61 Å². The maximum atomic E-state index is 12.3. The van der Waals surface area contributed by atoms with Gasteiger partial charge in [-0.25, -0.2) is 0 Å². The van der Waals surface area contributed by atoms with Gasteiger partial charge in [-0.1, -0.05) is 12.1 Å². The molecule has 0 aliphatic heterocycles. The van der Waals surface area contributed by atoms with Crippen LogP contribution in [0.4, 0.5) is 5.69 Å². The molecule has 0 bridgehead atoms. The monoisotopic (exact) mass is 416 g/mol. The van der Waals surface area contributed by atoms with Gasteiger partial charge in [-0.05, 0) is 80.4 Å². The number of carbonyl (C=O) groups excluding carboxylic acids is 1. The lowest BCUT2D eigenvalue weighted by atomic mass is 10.1. The summed E-state index contributed by atoms with van der Waals surface area (Å²) in [6, 6.07) is 18.8. The minimum absolute atomic E-state index is 0.0683. The zero-order valence-electron chi connectivity index (χ0n) is 17.8. The van der Waals surface area contributed by atoms with Gasteiger partial charge < -0.3 is 14.8 Å². The van der Waals surface area contributed by atoms with Crippen LogP contribution in [-0.4, -0.2) is 34.1 Å². The topological polar surface area (TPSA) is 78.3 Å². The molecule has 4 rings (SSSR count). The minimum atomic E-state index is -0.237. The number of benzene rings is 3.